The maximum atomic E-state index is 12.4. The van der Waals surface area contributed by atoms with Crippen LogP contribution in [0.2, 0.25) is 0 Å². The lowest BCUT2D eigenvalue weighted by atomic mass is 9.94. The Balaban J connectivity index is 1.18. The van der Waals surface area contributed by atoms with Crippen LogP contribution < -0.4 is 10.6 Å². The molecule has 19 N–H and O–H groups in total. The van der Waals surface area contributed by atoms with Crippen LogP contribution >= 0.6 is 0 Å². The van der Waals surface area contributed by atoms with Gasteiger partial charge in [-0.05, 0) is 0 Å². The van der Waals surface area contributed by atoms with Gasteiger partial charge in [0.2, 0.25) is 11.8 Å². The van der Waals surface area contributed by atoms with Gasteiger partial charge < -0.3 is 150 Å². The summed E-state index contributed by atoms with van der Waals surface area (Å²) in [5.74, 6) is -1.30. The minimum atomic E-state index is -2.13. The van der Waals surface area contributed by atoms with Gasteiger partial charge in [-0.2, -0.15) is 0 Å². The number of aliphatic hydroxyl groups is 17. The average Bonchev–Trinajstić information content (AvgIpc) is 3.35. The molecule has 0 aromatic heterocycles. The first-order valence-electron chi connectivity index (χ1n) is 23.0. The summed E-state index contributed by atoms with van der Waals surface area (Å²) in [5.41, 5.74) is 0. The zero-order valence-electron chi connectivity index (χ0n) is 38.6. The Morgan fingerprint density at radius 3 is 1.31 bits per heavy atom. The monoisotopic (exact) mass is 1060 g/mol. The maximum absolute atomic E-state index is 12.4. The molecule has 0 aromatic carbocycles. The Bertz CT molecular complexity index is 1710. The van der Waals surface area contributed by atoms with Gasteiger partial charge in [-0.3, -0.25) is 9.59 Å². The number of amides is 2. The molecule has 0 unspecified atom stereocenters. The number of rotatable bonds is 18. The van der Waals surface area contributed by atoms with Crippen molar-refractivity contribution in [1.29, 1.82) is 0 Å². The van der Waals surface area contributed by atoms with Gasteiger partial charge in [0.15, 0.2) is 31.5 Å². The summed E-state index contributed by atoms with van der Waals surface area (Å²) >= 11 is 0. The second-order valence-electron chi connectivity index (χ2n) is 18.2. The number of hydrogen-bond acceptors (Lipinski definition) is 30. The lowest BCUT2D eigenvalue weighted by Gasteiger charge is -2.49. The molecular formula is C40H68N2O30. The van der Waals surface area contributed by atoms with E-state index in [0.717, 1.165) is 6.92 Å². The van der Waals surface area contributed by atoms with Crippen molar-refractivity contribution < 1.29 is 149 Å². The second-order valence-corrected chi connectivity index (χ2v) is 18.2. The molecule has 0 saturated carbocycles. The van der Waals surface area contributed by atoms with E-state index >= 15 is 0 Å². The van der Waals surface area contributed by atoms with Crippen LogP contribution in [-0.2, 0) is 61.7 Å². The molecule has 32 nitrogen and oxygen atoms in total. The van der Waals surface area contributed by atoms with Crippen molar-refractivity contribution in [3.63, 3.8) is 0 Å². The highest BCUT2D eigenvalue weighted by atomic mass is 16.8. The van der Waals surface area contributed by atoms with Crippen molar-refractivity contribution in [2.45, 2.75) is 192 Å². The van der Waals surface area contributed by atoms with Gasteiger partial charge in [0.1, 0.15) is 140 Å². The number of aliphatic hydroxyl groups excluding tert-OH is 17. The zero-order valence-corrected chi connectivity index (χ0v) is 38.6. The fourth-order valence-electron chi connectivity index (χ4n) is 9.06. The third-order valence-electron chi connectivity index (χ3n) is 13.1. The number of ether oxygens (including phenoxy) is 11. The van der Waals surface area contributed by atoms with Crippen LogP contribution in [0.25, 0.3) is 0 Å². The van der Waals surface area contributed by atoms with E-state index in [0.29, 0.717) is 0 Å². The predicted molar refractivity (Wildman–Crippen MR) is 221 cm³/mol. The number of carbonyl (C=O) groups is 2. The van der Waals surface area contributed by atoms with Crippen molar-refractivity contribution in [2.75, 3.05) is 46.2 Å². The normalized spacial score (nSPS) is 49.2. The summed E-state index contributed by atoms with van der Waals surface area (Å²) in [6.07, 6.45) is -49.4. The lowest BCUT2D eigenvalue weighted by molar-refractivity contribution is -0.375. The molecule has 0 aromatic rings. The van der Waals surface area contributed by atoms with Crippen LogP contribution in [0, 0.1) is 0 Å². The Hall–Kier alpha value is -2.18. The molecule has 6 saturated heterocycles. The van der Waals surface area contributed by atoms with Gasteiger partial charge in [-0.1, -0.05) is 0 Å². The van der Waals surface area contributed by atoms with E-state index in [9.17, 15) is 96.4 Å². The van der Waals surface area contributed by atoms with Crippen molar-refractivity contribution >= 4 is 11.8 Å². The van der Waals surface area contributed by atoms with Crippen LogP contribution in [0.5, 0.6) is 0 Å². The molecule has 2 amide bonds. The Morgan fingerprint density at radius 1 is 0.403 bits per heavy atom. The third-order valence-corrected chi connectivity index (χ3v) is 13.1. The van der Waals surface area contributed by atoms with Crippen molar-refractivity contribution in [3.8, 4) is 0 Å². The Morgan fingerprint density at radius 2 is 0.792 bits per heavy atom. The van der Waals surface area contributed by atoms with Gasteiger partial charge in [0, 0.05) is 13.8 Å². The summed E-state index contributed by atoms with van der Waals surface area (Å²) in [4.78, 5) is 24.2. The molecule has 6 aliphatic rings. The third kappa shape index (κ3) is 13.0. The van der Waals surface area contributed by atoms with Gasteiger partial charge in [-0.15, -0.1) is 0 Å². The molecule has 6 aliphatic heterocycles. The molecule has 32 heteroatoms. The van der Waals surface area contributed by atoms with E-state index in [1.165, 1.54) is 6.92 Å². The molecule has 418 valence electrons. The van der Waals surface area contributed by atoms with Crippen LogP contribution in [0.15, 0.2) is 0 Å². The van der Waals surface area contributed by atoms with Gasteiger partial charge in [0.25, 0.3) is 0 Å². The SMILES string of the molecule is CC(=O)N[C@H]1[C@H](O[C@H]2[C@H](O)[C@@H](NC(C)=O)CO[C@@H]2CO)O[C@H](CO)[C@@H](O[C@@H]2O[C@H](CO[C@H]3O[C@H](CO[C@H]4O[C@H](CO)[C@@H](O)[C@H](O)[C@@H]4O)[C@@H](O)[C@H](O[C@H]4O[C@H](CO)[C@@H](O)[C@H](O)[C@@H]4O)[C@@H]3O)[C@@H](O)[C@H](O)[C@@H]2O)[C@@H]1O. The van der Waals surface area contributed by atoms with E-state index in [1.807, 2.05) is 0 Å². The topological polar surface area (TPSA) is 504 Å². The fraction of sp³-hybridized carbons (Fsp3) is 0.950. The first kappa shape index (κ1) is 59.1. The Labute approximate surface area is 408 Å². The van der Waals surface area contributed by atoms with Gasteiger partial charge in [0.05, 0.1) is 52.3 Å². The minimum absolute atomic E-state index is 0.234. The second kappa shape index (κ2) is 25.8. The predicted octanol–water partition coefficient (Wildman–Crippen LogP) is -13.1. The highest BCUT2D eigenvalue weighted by Gasteiger charge is 2.56. The van der Waals surface area contributed by atoms with Crippen molar-refractivity contribution in [3.05, 3.63) is 0 Å². The maximum Gasteiger partial charge on any atom is 0.217 e. The van der Waals surface area contributed by atoms with E-state index in [1.54, 1.807) is 0 Å². The van der Waals surface area contributed by atoms with Crippen LogP contribution in [0.1, 0.15) is 13.8 Å². The van der Waals surface area contributed by atoms with Gasteiger partial charge >= 0.3 is 0 Å². The number of hydrogen-bond donors (Lipinski definition) is 19. The zero-order chi connectivity index (χ0) is 53.0. The average molecular weight is 1060 g/mol. The summed E-state index contributed by atoms with van der Waals surface area (Å²) < 4.78 is 62.5. The van der Waals surface area contributed by atoms with Gasteiger partial charge in [-0.25, -0.2) is 0 Å². The molecule has 0 bridgehead atoms. The highest BCUT2D eigenvalue weighted by Crippen LogP contribution is 2.35. The molecule has 6 heterocycles. The van der Waals surface area contributed by atoms with Crippen LogP contribution in [0.3, 0.4) is 0 Å². The molecule has 6 rings (SSSR count). The van der Waals surface area contributed by atoms with Crippen LogP contribution in [-0.4, -0.2) is 323 Å². The van der Waals surface area contributed by atoms with E-state index in [2.05, 4.69) is 10.6 Å². The van der Waals surface area contributed by atoms with E-state index in [4.69, 9.17) is 52.1 Å². The quantitative estimate of drug-likeness (QED) is 0.0606. The molecule has 6 fully saturated rings. The highest BCUT2D eigenvalue weighted by molar-refractivity contribution is 5.73. The number of carbonyl (C=O) groups excluding carboxylic acids is 2. The first-order valence-corrected chi connectivity index (χ1v) is 23.0. The molecule has 0 aliphatic carbocycles. The molecule has 29 atom stereocenters. The number of nitrogens with one attached hydrogen (secondary N) is 2. The summed E-state index contributed by atoms with van der Waals surface area (Å²) in [5, 5.41) is 186. The Kier molecular flexibility index (Phi) is 21.1. The van der Waals surface area contributed by atoms with Crippen molar-refractivity contribution in [1.82, 2.24) is 10.6 Å². The first-order chi connectivity index (χ1) is 34.1. The molecular weight excluding hydrogens is 988 g/mol. The standard InChI is InChI=1S/C40H68N2O30/c1-10(47)41-12-7-62-15(5-45)33(20(12)49)70-36-19(42-11(2)48)25(54)34(16(6-46)67-36)71-40-31(60)28(57)23(52)17(69-40)8-64-38-32(61)35(72-39-30(59)27(56)22(51)14(4-44)66-39)24(53)18(68-38)9-63-37-29(58)26(55)21(50)13(3-43)65-37/h12-40,43-46,49-61H,3-9H2,1-2H3,(H,41,47)(H,42,48)/t12-,13+,14+,15+,16+,17+,18+,19+,20+,21+,22+,23+,24+,25+,26-,27-,28-,29-,30-,31-,32-,33+,34+,35-,36-,37-,38-,39+,40-/m0/s1. The smallest absolute Gasteiger partial charge is 0.217 e. The molecule has 72 heavy (non-hydrogen) atoms. The fourth-order valence-corrected chi connectivity index (χ4v) is 9.06. The largest absolute Gasteiger partial charge is 0.394 e. The van der Waals surface area contributed by atoms with E-state index in [-0.39, 0.29) is 6.61 Å². The van der Waals surface area contributed by atoms with Crippen LogP contribution in [0.4, 0.5) is 0 Å². The summed E-state index contributed by atoms with van der Waals surface area (Å²) in [6.45, 7) is -3.13. The molecule has 0 radical (unpaired) electrons. The minimum Gasteiger partial charge on any atom is -0.394 e. The summed E-state index contributed by atoms with van der Waals surface area (Å²) in [7, 11) is 0. The van der Waals surface area contributed by atoms with E-state index < -0.39 is 229 Å². The summed E-state index contributed by atoms with van der Waals surface area (Å²) in [6, 6.07) is -2.66. The lowest BCUT2D eigenvalue weighted by Crippen LogP contribution is -2.69. The molecule has 0 spiro atoms. The van der Waals surface area contributed by atoms with Crippen molar-refractivity contribution in [2.24, 2.45) is 0 Å².